The van der Waals surface area contributed by atoms with Crippen molar-refractivity contribution in [1.29, 1.82) is 5.26 Å². The Balaban J connectivity index is 1.55. The van der Waals surface area contributed by atoms with Crippen LogP contribution < -0.4 is 9.64 Å². The lowest BCUT2D eigenvalue weighted by Crippen LogP contribution is -2.26. The molecule has 1 saturated heterocycles. The Morgan fingerprint density at radius 1 is 1.21 bits per heavy atom. The van der Waals surface area contributed by atoms with E-state index in [4.69, 9.17) is 4.74 Å². The topological polar surface area (TPSA) is 82.3 Å². The van der Waals surface area contributed by atoms with Crippen LogP contribution in [-0.2, 0) is 6.61 Å². The average Bonchev–Trinajstić information content (AvgIpc) is 3.23. The molecule has 0 saturated carbocycles. The van der Waals surface area contributed by atoms with Crippen LogP contribution in [0.15, 0.2) is 54.7 Å². The molecule has 4 rings (SSSR count). The Hall–Kier alpha value is -3.50. The molecule has 0 radical (unpaired) electrons. The monoisotopic (exact) mass is 390 g/mol. The second-order valence-corrected chi connectivity index (χ2v) is 6.74. The van der Waals surface area contributed by atoms with Crippen molar-refractivity contribution in [2.75, 3.05) is 18.0 Å². The number of aromatic nitrogens is 2. The minimum Gasteiger partial charge on any atom is -0.470 e. The van der Waals surface area contributed by atoms with Crippen molar-refractivity contribution < 1.29 is 14.2 Å². The van der Waals surface area contributed by atoms with Gasteiger partial charge in [0.15, 0.2) is 5.82 Å². The van der Waals surface area contributed by atoms with Gasteiger partial charge in [0.05, 0.1) is 41.9 Å². The van der Waals surface area contributed by atoms with E-state index in [0.29, 0.717) is 36.5 Å². The van der Waals surface area contributed by atoms with E-state index >= 15 is 0 Å². The number of aliphatic hydroxyl groups excluding tert-OH is 1. The first kappa shape index (κ1) is 18.8. The van der Waals surface area contributed by atoms with Crippen molar-refractivity contribution in [3.8, 4) is 23.2 Å². The highest BCUT2D eigenvalue weighted by atomic mass is 19.1. The fraction of sp³-hybridized carbons (Fsp3) is 0.227. The fourth-order valence-electron chi connectivity index (χ4n) is 3.51. The number of nitrogens with zero attached hydrogens (tertiary/aromatic N) is 4. The summed E-state index contributed by atoms with van der Waals surface area (Å²) in [6.07, 6.45) is 2.00. The number of benzene rings is 1. The quantitative estimate of drug-likeness (QED) is 0.720. The Bertz CT molecular complexity index is 1070. The number of hydrogen-bond acceptors (Lipinski definition) is 6. The summed E-state index contributed by atoms with van der Waals surface area (Å²) in [5.74, 6) is -0.479. The zero-order valence-corrected chi connectivity index (χ0v) is 15.6. The molecule has 1 fully saturated rings. The molecular formula is C22H19FN4O2. The van der Waals surface area contributed by atoms with Gasteiger partial charge in [-0.2, -0.15) is 5.26 Å². The van der Waals surface area contributed by atoms with Crippen molar-refractivity contribution in [1.82, 2.24) is 9.97 Å². The number of pyridine rings is 2. The molecule has 6 nitrogen and oxygen atoms in total. The largest absolute Gasteiger partial charge is 0.470 e. The van der Waals surface area contributed by atoms with Gasteiger partial charge < -0.3 is 14.7 Å². The van der Waals surface area contributed by atoms with Gasteiger partial charge in [-0.15, -0.1) is 0 Å². The van der Waals surface area contributed by atoms with Crippen LogP contribution >= 0.6 is 0 Å². The van der Waals surface area contributed by atoms with Gasteiger partial charge in [-0.1, -0.05) is 18.2 Å². The van der Waals surface area contributed by atoms with Crippen molar-refractivity contribution in [2.24, 2.45) is 0 Å². The second kappa shape index (κ2) is 8.25. The van der Waals surface area contributed by atoms with Crippen LogP contribution in [0.5, 0.6) is 5.88 Å². The molecule has 0 bridgehead atoms. The molecule has 1 unspecified atom stereocenters. The lowest BCUT2D eigenvalue weighted by Gasteiger charge is -2.21. The molecule has 1 N–H and O–H groups in total. The predicted octanol–water partition coefficient (Wildman–Crippen LogP) is 3.30. The normalized spacial score (nSPS) is 15.9. The molecule has 7 heteroatoms. The summed E-state index contributed by atoms with van der Waals surface area (Å²) >= 11 is 0. The van der Waals surface area contributed by atoms with Crippen molar-refractivity contribution in [2.45, 2.75) is 19.1 Å². The summed E-state index contributed by atoms with van der Waals surface area (Å²) < 4.78 is 19.5. The summed E-state index contributed by atoms with van der Waals surface area (Å²) in [7, 11) is 0. The van der Waals surface area contributed by atoms with Gasteiger partial charge in [-0.25, -0.2) is 14.4 Å². The van der Waals surface area contributed by atoms with E-state index in [2.05, 4.69) is 20.9 Å². The van der Waals surface area contributed by atoms with Crippen molar-refractivity contribution in [3.05, 3.63) is 71.8 Å². The first-order valence-corrected chi connectivity index (χ1v) is 9.32. The molecule has 29 heavy (non-hydrogen) atoms. The van der Waals surface area contributed by atoms with Crippen LogP contribution in [0.1, 0.15) is 17.7 Å². The van der Waals surface area contributed by atoms with Gasteiger partial charge in [-0.05, 0) is 30.3 Å². The number of halogens is 1. The number of anilines is 1. The first-order valence-electron chi connectivity index (χ1n) is 9.32. The van der Waals surface area contributed by atoms with E-state index in [9.17, 15) is 14.8 Å². The van der Waals surface area contributed by atoms with Crippen LogP contribution in [0.3, 0.4) is 0 Å². The number of rotatable bonds is 5. The van der Waals surface area contributed by atoms with Crippen LogP contribution in [0.2, 0.25) is 0 Å². The third-order valence-corrected chi connectivity index (χ3v) is 4.91. The SMILES string of the molecule is N#Cc1ccccc1-c1ccc(N2CCC(Oc3ncccc3F)C2)c(CO)n1. The number of hydrogen-bond donors (Lipinski definition) is 1. The number of aliphatic hydroxyl groups is 1. The van der Waals surface area contributed by atoms with E-state index in [0.717, 1.165) is 11.3 Å². The lowest BCUT2D eigenvalue weighted by molar-refractivity contribution is 0.205. The molecule has 0 aliphatic carbocycles. The van der Waals surface area contributed by atoms with Crippen LogP contribution in [0.25, 0.3) is 11.3 Å². The molecule has 3 aromatic rings. The van der Waals surface area contributed by atoms with E-state index in [1.54, 1.807) is 12.1 Å². The van der Waals surface area contributed by atoms with Crippen LogP contribution in [-0.4, -0.2) is 34.3 Å². The molecule has 1 aromatic carbocycles. The lowest BCUT2D eigenvalue weighted by atomic mass is 10.0. The predicted molar refractivity (Wildman–Crippen MR) is 106 cm³/mol. The number of nitriles is 1. The Morgan fingerprint density at radius 2 is 2.07 bits per heavy atom. The summed E-state index contributed by atoms with van der Waals surface area (Å²) in [6, 6.07) is 16.0. The van der Waals surface area contributed by atoms with Crippen LogP contribution in [0, 0.1) is 17.1 Å². The molecule has 0 spiro atoms. The molecule has 3 heterocycles. The zero-order valence-electron chi connectivity index (χ0n) is 15.6. The molecule has 1 aliphatic rings. The molecule has 146 valence electrons. The number of ether oxygens (including phenoxy) is 1. The molecule has 2 aromatic heterocycles. The summed E-state index contributed by atoms with van der Waals surface area (Å²) in [6.45, 7) is 1.01. The Labute approximate surface area is 167 Å². The van der Waals surface area contributed by atoms with Crippen molar-refractivity contribution >= 4 is 5.69 Å². The molecular weight excluding hydrogens is 371 g/mol. The van der Waals surface area contributed by atoms with E-state index in [1.807, 2.05) is 24.3 Å². The minimum absolute atomic E-state index is 0.00307. The van der Waals surface area contributed by atoms with Crippen molar-refractivity contribution in [3.63, 3.8) is 0 Å². The second-order valence-electron chi connectivity index (χ2n) is 6.74. The summed E-state index contributed by atoms with van der Waals surface area (Å²) in [5, 5.41) is 19.2. The summed E-state index contributed by atoms with van der Waals surface area (Å²) in [5.41, 5.74) is 3.23. The molecule has 0 amide bonds. The maximum absolute atomic E-state index is 13.8. The first-order chi connectivity index (χ1) is 14.2. The van der Waals surface area contributed by atoms with E-state index in [1.165, 1.54) is 18.3 Å². The maximum Gasteiger partial charge on any atom is 0.250 e. The Kier molecular flexibility index (Phi) is 5.36. The smallest absolute Gasteiger partial charge is 0.250 e. The van der Waals surface area contributed by atoms with E-state index < -0.39 is 5.82 Å². The Morgan fingerprint density at radius 3 is 2.86 bits per heavy atom. The van der Waals surface area contributed by atoms with Crippen LogP contribution in [0.4, 0.5) is 10.1 Å². The highest BCUT2D eigenvalue weighted by Gasteiger charge is 2.27. The molecule has 1 aliphatic heterocycles. The highest BCUT2D eigenvalue weighted by Crippen LogP contribution is 2.29. The average molecular weight is 390 g/mol. The van der Waals surface area contributed by atoms with Gasteiger partial charge in [0, 0.05) is 24.7 Å². The van der Waals surface area contributed by atoms with E-state index in [-0.39, 0.29) is 18.6 Å². The van der Waals surface area contributed by atoms with Gasteiger partial charge in [-0.3, -0.25) is 0 Å². The maximum atomic E-state index is 13.8. The summed E-state index contributed by atoms with van der Waals surface area (Å²) in [4.78, 5) is 10.6. The van der Waals surface area contributed by atoms with Gasteiger partial charge in [0.2, 0.25) is 0 Å². The standard InChI is InChI=1S/C22H19FN4O2/c23-18-6-3-10-25-22(18)29-16-9-11-27(13-16)21-8-7-19(26-20(21)14-28)17-5-2-1-4-15(17)12-24/h1-8,10,16,28H,9,11,13-14H2. The molecule has 1 atom stereocenters. The van der Waals surface area contributed by atoms with Gasteiger partial charge in [0.1, 0.15) is 6.10 Å². The minimum atomic E-state index is -0.482. The van der Waals surface area contributed by atoms with Gasteiger partial charge in [0.25, 0.3) is 5.88 Å². The highest BCUT2D eigenvalue weighted by molar-refractivity contribution is 5.69. The third kappa shape index (κ3) is 3.89. The third-order valence-electron chi connectivity index (χ3n) is 4.91. The fourth-order valence-corrected chi connectivity index (χ4v) is 3.51. The zero-order chi connectivity index (χ0) is 20.2. The van der Waals surface area contributed by atoms with Gasteiger partial charge >= 0.3 is 0 Å².